The molecule has 1 atom stereocenters. The maximum Gasteiger partial charge on any atom is 0.308 e. The van der Waals surface area contributed by atoms with Crippen LogP contribution < -0.4 is 5.32 Å². The summed E-state index contributed by atoms with van der Waals surface area (Å²) in [5.74, 6) is -0.736. The topological polar surface area (TPSA) is 49.3 Å². The molecule has 2 N–H and O–H groups in total. The zero-order valence-electron chi connectivity index (χ0n) is 7.88. The maximum absolute atomic E-state index is 11.0. The SMILES string of the molecule is O=C(O)[C@@H]1CNCC12CCCCC2. The van der Waals surface area contributed by atoms with E-state index in [2.05, 4.69) is 5.32 Å². The van der Waals surface area contributed by atoms with Gasteiger partial charge in [0.05, 0.1) is 5.92 Å². The highest BCUT2D eigenvalue weighted by atomic mass is 16.4. The summed E-state index contributed by atoms with van der Waals surface area (Å²) in [4.78, 5) is 11.0. The molecule has 1 saturated carbocycles. The van der Waals surface area contributed by atoms with Gasteiger partial charge in [0.15, 0.2) is 0 Å². The van der Waals surface area contributed by atoms with Crippen LogP contribution in [-0.4, -0.2) is 24.2 Å². The second kappa shape index (κ2) is 3.29. The van der Waals surface area contributed by atoms with E-state index in [4.69, 9.17) is 5.11 Å². The number of rotatable bonds is 1. The van der Waals surface area contributed by atoms with Crippen molar-refractivity contribution in [2.24, 2.45) is 11.3 Å². The van der Waals surface area contributed by atoms with E-state index in [1.165, 1.54) is 19.3 Å². The van der Waals surface area contributed by atoms with Crippen LogP contribution in [-0.2, 0) is 4.79 Å². The van der Waals surface area contributed by atoms with Crippen LogP contribution in [0.15, 0.2) is 0 Å². The molecule has 0 unspecified atom stereocenters. The summed E-state index contributed by atoms with van der Waals surface area (Å²) in [5, 5.41) is 12.3. The Hall–Kier alpha value is -0.570. The van der Waals surface area contributed by atoms with Gasteiger partial charge in [-0.05, 0) is 18.3 Å². The second-order valence-electron chi connectivity index (χ2n) is 4.44. The monoisotopic (exact) mass is 183 g/mol. The first-order valence-corrected chi connectivity index (χ1v) is 5.18. The quantitative estimate of drug-likeness (QED) is 0.643. The fraction of sp³-hybridized carbons (Fsp3) is 0.900. The molecule has 1 heterocycles. The molecule has 1 aliphatic heterocycles. The molecule has 2 rings (SSSR count). The molecule has 0 aromatic rings. The number of nitrogens with one attached hydrogen (secondary N) is 1. The number of aliphatic carboxylic acids is 1. The molecular weight excluding hydrogens is 166 g/mol. The van der Waals surface area contributed by atoms with Crippen molar-refractivity contribution in [2.75, 3.05) is 13.1 Å². The first-order chi connectivity index (χ1) is 6.25. The van der Waals surface area contributed by atoms with Crippen LogP contribution in [0.5, 0.6) is 0 Å². The Kier molecular flexibility index (Phi) is 2.28. The van der Waals surface area contributed by atoms with E-state index >= 15 is 0 Å². The van der Waals surface area contributed by atoms with Gasteiger partial charge in [-0.15, -0.1) is 0 Å². The average Bonchev–Trinajstić information content (AvgIpc) is 2.50. The van der Waals surface area contributed by atoms with Crippen molar-refractivity contribution >= 4 is 5.97 Å². The molecule has 1 aliphatic carbocycles. The van der Waals surface area contributed by atoms with Crippen molar-refractivity contribution in [1.82, 2.24) is 5.32 Å². The summed E-state index contributed by atoms with van der Waals surface area (Å²) in [6, 6.07) is 0. The van der Waals surface area contributed by atoms with Gasteiger partial charge in [-0.1, -0.05) is 19.3 Å². The van der Waals surface area contributed by atoms with Gasteiger partial charge in [-0.2, -0.15) is 0 Å². The number of carbonyl (C=O) groups is 1. The van der Waals surface area contributed by atoms with E-state index in [0.717, 1.165) is 19.4 Å². The van der Waals surface area contributed by atoms with Crippen molar-refractivity contribution < 1.29 is 9.90 Å². The summed E-state index contributed by atoms with van der Waals surface area (Å²) in [5.41, 5.74) is 0.101. The van der Waals surface area contributed by atoms with Crippen LogP contribution in [0.25, 0.3) is 0 Å². The Morgan fingerprint density at radius 1 is 1.31 bits per heavy atom. The molecule has 3 heteroatoms. The molecular formula is C10H17NO2. The molecule has 0 radical (unpaired) electrons. The summed E-state index contributed by atoms with van der Waals surface area (Å²) in [7, 11) is 0. The Labute approximate surface area is 78.5 Å². The van der Waals surface area contributed by atoms with Gasteiger partial charge >= 0.3 is 5.97 Å². The van der Waals surface area contributed by atoms with Crippen molar-refractivity contribution in [2.45, 2.75) is 32.1 Å². The van der Waals surface area contributed by atoms with E-state index in [-0.39, 0.29) is 11.3 Å². The lowest BCUT2D eigenvalue weighted by molar-refractivity contribution is -0.145. The molecule has 1 saturated heterocycles. The predicted molar refractivity (Wildman–Crippen MR) is 49.5 cm³/mol. The molecule has 1 spiro atoms. The van der Waals surface area contributed by atoms with Gasteiger partial charge in [0.1, 0.15) is 0 Å². The lowest BCUT2D eigenvalue weighted by Gasteiger charge is -2.36. The van der Waals surface area contributed by atoms with Crippen LogP contribution in [0.3, 0.4) is 0 Å². The Morgan fingerprint density at radius 3 is 2.62 bits per heavy atom. The summed E-state index contributed by atoms with van der Waals surface area (Å²) >= 11 is 0. The normalized spacial score (nSPS) is 32.2. The Morgan fingerprint density at radius 2 is 2.00 bits per heavy atom. The largest absolute Gasteiger partial charge is 0.481 e. The van der Waals surface area contributed by atoms with Crippen molar-refractivity contribution in [3.05, 3.63) is 0 Å². The summed E-state index contributed by atoms with van der Waals surface area (Å²) in [6.07, 6.45) is 5.93. The number of carboxylic acid groups (broad SMARTS) is 1. The van der Waals surface area contributed by atoms with Crippen LogP contribution in [0.1, 0.15) is 32.1 Å². The third-order valence-corrected chi connectivity index (χ3v) is 3.71. The van der Waals surface area contributed by atoms with E-state index in [1.807, 2.05) is 0 Å². The van der Waals surface area contributed by atoms with E-state index in [0.29, 0.717) is 6.54 Å². The fourth-order valence-corrected chi connectivity index (χ4v) is 2.94. The second-order valence-corrected chi connectivity index (χ2v) is 4.44. The van der Waals surface area contributed by atoms with Crippen LogP contribution in [0.2, 0.25) is 0 Å². The fourth-order valence-electron chi connectivity index (χ4n) is 2.94. The molecule has 2 fully saturated rings. The highest BCUT2D eigenvalue weighted by molar-refractivity contribution is 5.72. The third kappa shape index (κ3) is 1.46. The first kappa shape index (κ1) is 9.00. The van der Waals surface area contributed by atoms with Gasteiger partial charge < -0.3 is 10.4 Å². The number of hydrogen-bond donors (Lipinski definition) is 2. The lowest BCUT2D eigenvalue weighted by Crippen LogP contribution is -2.36. The van der Waals surface area contributed by atoms with Crippen LogP contribution in [0.4, 0.5) is 0 Å². The van der Waals surface area contributed by atoms with Crippen molar-refractivity contribution in [3.8, 4) is 0 Å². The molecule has 0 aromatic carbocycles. The smallest absolute Gasteiger partial charge is 0.308 e. The highest BCUT2D eigenvalue weighted by Crippen LogP contribution is 2.44. The average molecular weight is 183 g/mol. The highest BCUT2D eigenvalue weighted by Gasteiger charge is 2.46. The summed E-state index contributed by atoms with van der Waals surface area (Å²) in [6.45, 7) is 1.60. The van der Waals surface area contributed by atoms with Crippen LogP contribution in [0, 0.1) is 11.3 Å². The zero-order chi connectivity index (χ0) is 9.31. The minimum atomic E-state index is -0.605. The van der Waals surface area contributed by atoms with Gasteiger partial charge in [-0.3, -0.25) is 4.79 Å². The van der Waals surface area contributed by atoms with Gasteiger partial charge in [-0.25, -0.2) is 0 Å². The molecule has 13 heavy (non-hydrogen) atoms. The van der Waals surface area contributed by atoms with Gasteiger partial charge in [0.2, 0.25) is 0 Å². The first-order valence-electron chi connectivity index (χ1n) is 5.18. The molecule has 74 valence electrons. The minimum Gasteiger partial charge on any atom is -0.481 e. The van der Waals surface area contributed by atoms with Gasteiger partial charge in [0.25, 0.3) is 0 Å². The maximum atomic E-state index is 11.0. The zero-order valence-corrected chi connectivity index (χ0v) is 7.88. The molecule has 0 aromatic heterocycles. The molecule has 2 aliphatic rings. The Bertz CT molecular complexity index is 209. The van der Waals surface area contributed by atoms with Gasteiger partial charge in [0, 0.05) is 13.1 Å². The lowest BCUT2D eigenvalue weighted by atomic mass is 9.68. The van der Waals surface area contributed by atoms with Crippen molar-refractivity contribution in [1.29, 1.82) is 0 Å². The molecule has 0 bridgehead atoms. The van der Waals surface area contributed by atoms with E-state index in [9.17, 15) is 4.79 Å². The molecule has 3 nitrogen and oxygen atoms in total. The predicted octanol–water partition coefficient (Wildman–Crippen LogP) is 1.24. The third-order valence-electron chi connectivity index (χ3n) is 3.71. The number of carboxylic acids is 1. The Balaban J connectivity index is 2.13. The van der Waals surface area contributed by atoms with E-state index in [1.54, 1.807) is 0 Å². The summed E-state index contributed by atoms with van der Waals surface area (Å²) < 4.78 is 0. The molecule has 0 amide bonds. The van der Waals surface area contributed by atoms with Crippen LogP contribution >= 0.6 is 0 Å². The van der Waals surface area contributed by atoms with E-state index < -0.39 is 5.97 Å². The van der Waals surface area contributed by atoms with Crippen molar-refractivity contribution in [3.63, 3.8) is 0 Å². The number of hydrogen-bond acceptors (Lipinski definition) is 2. The minimum absolute atomic E-state index is 0.101. The standard InChI is InChI=1S/C10H17NO2/c12-9(13)8-6-11-7-10(8)4-2-1-3-5-10/h8,11H,1-7H2,(H,12,13)/t8-/m0/s1.